The van der Waals surface area contributed by atoms with E-state index < -0.39 is 10.0 Å². The third kappa shape index (κ3) is 5.32. The molecule has 5 nitrogen and oxygen atoms in total. The van der Waals surface area contributed by atoms with Crippen LogP contribution in [0.3, 0.4) is 0 Å². The first-order valence-corrected chi connectivity index (χ1v) is 9.95. The summed E-state index contributed by atoms with van der Waals surface area (Å²) in [5.74, 6) is -0.151. The standard InChI is InChI=1S/C17H26N2O3S/c1-13-10-14(2)12-15(11-13)18-17(20)8-9-19(23(3,21)22)16-6-4-5-7-16/h10-12,16H,4-9H2,1-3H3,(H,18,20). The lowest BCUT2D eigenvalue weighted by atomic mass is 10.1. The van der Waals surface area contributed by atoms with Crippen LogP contribution in [0.2, 0.25) is 0 Å². The average molecular weight is 338 g/mol. The molecule has 0 bridgehead atoms. The molecule has 1 amide bonds. The molecule has 0 saturated heterocycles. The normalized spacial score (nSPS) is 16.0. The minimum absolute atomic E-state index is 0.0546. The highest BCUT2D eigenvalue weighted by molar-refractivity contribution is 7.88. The summed E-state index contributed by atoms with van der Waals surface area (Å²) < 4.78 is 25.4. The molecular formula is C17H26N2O3S. The third-order valence-corrected chi connectivity index (χ3v) is 5.56. The Bertz CT molecular complexity index is 644. The number of hydrogen-bond acceptors (Lipinski definition) is 3. The Kier molecular flexibility index (Phi) is 5.81. The molecule has 1 aromatic rings. The van der Waals surface area contributed by atoms with E-state index in [0.29, 0.717) is 0 Å². The van der Waals surface area contributed by atoms with Crippen molar-refractivity contribution in [2.45, 2.75) is 52.0 Å². The minimum atomic E-state index is -3.28. The maximum Gasteiger partial charge on any atom is 0.225 e. The average Bonchev–Trinajstić information content (AvgIpc) is 2.89. The molecule has 128 valence electrons. The summed E-state index contributed by atoms with van der Waals surface area (Å²) >= 11 is 0. The summed E-state index contributed by atoms with van der Waals surface area (Å²) in [5.41, 5.74) is 2.94. The monoisotopic (exact) mass is 338 g/mol. The van der Waals surface area contributed by atoms with Gasteiger partial charge in [-0.25, -0.2) is 8.42 Å². The van der Waals surface area contributed by atoms with Gasteiger partial charge < -0.3 is 5.32 Å². The molecule has 0 radical (unpaired) electrons. The predicted molar refractivity (Wildman–Crippen MR) is 93.0 cm³/mol. The third-order valence-electron chi connectivity index (χ3n) is 4.22. The summed E-state index contributed by atoms with van der Waals surface area (Å²) in [6.45, 7) is 4.21. The van der Waals surface area contributed by atoms with E-state index in [0.717, 1.165) is 42.5 Å². The minimum Gasteiger partial charge on any atom is -0.326 e. The Balaban J connectivity index is 1.96. The molecule has 1 N–H and O–H groups in total. The van der Waals surface area contributed by atoms with Crippen LogP contribution in [-0.2, 0) is 14.8 Å². The van der Waals surface area contributed by atoms with E-state index in [2.05, 4.69) is 5.32 Å². The molecule has 1 aromatic carbocycles. The second-order valence-corrected chi connectivity index (χ2v) is 8.42. The number of anilines is 1. The van der Waals surface area contributed by atoms with Gasteiger partial charge in [-0.2, -0.15) is 4.31 Å². The zero-order chi connectivity index (χ0) is 17.0. The van der Waals surface area contributed by atoms with Crippen LogP contribution in [0.15, 0.2) is 18.2 Å². The van der Waals surface area contributed by atoms with Crippen molar-refractivity contribution in [3.05, 3.63) is 29.3 Å². The number of hydrogen-bond donors (Lipinski definition) is 1. The van der Waals surface area contributed by atoms with E-state index in [1.807, 2.05) is 32.0 Å². The van der Waals surface area contributed by atoms with Crippen LogP contribution in [0.1, 0.15) is 43.2 Å². The van der Waals surface area contributed by atoms with E-state index in [1.54, 1.807) is 0 Å². The van der Waals surface area contributed by atoms with Gasteiger partial charge in [0.25, 0.3) is 0 Å². The molecule has 0 spiro atoms. The predicted octanol–water partition coefficient (Wildman–Crippen LogP) is 2.84. The number of rotatable bonds is 6. The molecule has 0 heterocycles. The molecule has 6 heteroatoms. The van der Waals surface area contributed by atoms with Gasteiger partial charge in [-0.05, 0) is 49.9 Å². The summed E-state index contributed by atoms with van der Waals surface area (Å²) in [7, 11) is -3.28. The summed E-state index contributed by atoms with van der Waals surface area (Å²) in [6.07, 6.45) is 5.32. The van der Waals surface area contributed by atoms with Crippen molar-refractivity contribution in [2.75, 3.05) is 18.1 Å². The second-order valence-electron chi connectivity index (χ2n) is 6.49. The number of sulfonamides is 1. The van der Waals surface area contributed by atoms with Crippen molar-refractivity contribution < 1.29 is 13.2 Å². The SMILES string of the molecule is Cc1cc(C)cc(NC(=O)CCN(C2CCCC2)S(C)(=O)=O)c1. The fourth-order valence-electron chi connectivity index (χ4n) is 3.29. The van der Waals surface area contributed by atoms with Crippen molar-refractivity contribution >= 4 is 21.6 Å². The number of amides is 1. The van der Waals surface area contributed by atoms with Gasteiger partial charge in [0.1, 0.15) is 0 Å². The molecule has 0 atom stereocenters. The molecular weight excluding hydrogens is 312 g/mol. The first kappa shape index (κ1) is 17.9. The molecule has 23 heavy (non-hydrogen) atoms. The van der Waals surface area contributed by atoms with Crippen LogP contribution in [-0.4, -0.2) is 37.5 Å². The topological polar surface area (TPSA) is 66.5 Å². The van der Waals surface area contributed by atoms with Gasteiger partial charge in [-0.1, -0.05) is 18.9 Å². The van der Waals surface area contributed by atoms with Gasteiger partial charge in [0, 0.05) is 24.7 Å². The summed E-state index contributed by atoms with van der Waals surface area (Å²) in [6, 6.07) is 5.92. The summed E-state index contributed by atoms with van der Waals surface area (Å²) in [4.78, 5) is 12.1. The molecule has 2 rings (SSSR count). The van der Waals surface area contributed by atoms with Crippen molar-refractivity contribution in [3.8, 4) is 0 Å². The lowest BCUT2D eigenvalue weighted by Crippen LogP contribution is -2.39. The molecule has 1 aliphatic carbocycles. The second kappa shape index (κ2) is 7.45. The van der Waals surface area contributed by atoms with Crippen LogP contribution in [0.25, 0.3) is 0 Å². The molecule has 0 aromatic heterocycles. The number of aryl methyl sites for hydroxylation is 2. The lowest BCUT2D eigenvalue weighted by Gasteiger charge is -2.26. The molecule has 1 fully saturated rings. The number of carbonyl (C=O) groups excluding carboxylic acids is 1. The van der Waals surface area contributed by atoms with Crippen LogP contribution in [0.4, 0.5) is 5.69 Å². The lowest BCUT2D eigenvalue weighted by molar-refractivity contribution is -0.116. The van der Waals surface area contributed by atoms with E-state index in [4.69, 9.17) is 0 Å². The molecule has 1 saturated carbocycles. The fraction of sp³-hybridized carbons (Fsp3) is 0.588. The zero-order valence-corrected chi connectivity index (χ0v) is 14.9. The number of nitrogens with zero attached hydrogens (tertiary/aromatic N) is 1. The van der Waals surface area contributed by atoms with E-state index in [9.17, 15) is 13.2 Å². The maximum atomic E-state index is 12.1. The largest absolute Gasteiger partial charge is 0.326 e. The zero-order valence-electron chi connectivity index (χ0n) is 14.1. The van der Waals surface area contributed by atoms with Crippen molar-refractivity contribution in [3.63, 3.8) is 0 Å². The highest BCUT2D eigenvalue weighted by Crippen LogP contribution is 2.25. The Morgan fingerprint density at radius 1 is 1.17 bits per heavy atom. The van der Waals surface area contributed by atoms with Gasteiger partial charge in [0.05, 0.1) is 6.26 Å². The highest BCUT2D eigenvalue weighted by atomic mass is 32.2. The quantitative estimate of drug-likeness (QED) is 0.867. The molecule has 0 unspecified atom stereocenters. The van der Waals surface area contributed by atoms with Gasteiger partial charge in [-0.15, -0.1) is 0 Å². The van der Waals surface area contributed by atoms with Gasteiger partial charge in [0.15, 0.2) is 0 Å². The Morgan fingerprint density at radius 3 is 2.26 bits per heavy atom. The number of nitrogens with one attached hydrogen (secondary N) is 1. The van der Waals surface area contributed by atoms with Gasteiger partial charge in [-0.3, -0.25) is 4.79 Å². The van der Waals surface area contributed by atoms with Crippen molar-refractivity contribution in [1.29, 1.82) is 0 Å². The first-order valence-electron chi connectivity index (χ1n) is 8.10. The van der Waals surface area contributed by atoms with E-state index in [-0.39, 0.29) is 24.9 Å². The summed E-state index contributed by atoms with van der Waals surface area (Å²) in [5, 5.41) is 2.86. The van der Waals surface area contributed by atoms with Crippen LogP contribution < -0.4 is 5.32 Å². The highest BCUT2D eigenvalue weighted by Gasteiger charge is 2.29. The maximum absolute atomic E-state index is 12.1. The van der Waals surface area contributed by atoms with Gasteiger partial charge >= 0.3 is 0 Å². The first-order chi connectivity index (χ1) is 10.8. The van der Waals surface area contributed by atoms with Crippen molar-refractivity contribution in [2.24, 2.45) is 0 Å². The van der Waals surface area contributed by atoms with Gasteiger partial charge in [0.2, 0.25) is 15.9 Å². The smallest absolute Gasteiger partial charge is 0.225 e. The number of carbonyl (C=O) groups is 1. The van der Waals surface area contributed by atoms with E-state index in [1.165, 1.54) is 10.6 Å². The van der Waals surface area contributed by atoms with Crippen LogP contribution >= 0.6 is 0 Å². The Morgan fingerprint density at radius 2 is 1.74 bits per heavy atom. The van der Waals surface area contributed by atoms with Crippen LogP contribution in [0, 0.1) is 13.8 Å². The number of benzene rings is 1. The van der Waals surface area contributed by atoms with Crippen LogP contribution in [0.5, 0.6) is 0 Å². The van der Waals surface area contributed by atoms with E-state index >= 15 is 0 Å². The molecule has 0 aliphatic heterocycles. The Hall–Kier alpha value is -1.40. The van der Waals surface area contributed by atoms with Crippen molar-refractivity contribution in [1.82, 2.24) is 4.31 Å². The molecule has 1 aliphatic rings. The fourth-order valence-corrected chi connectivity index (χ4v) is 4.47. The Labute approximate surface area is 139 Å².